The van der Waals surface area contributed by atoms with Gasteiger partial charge in [0.15, 0.2) is 0 Å². The molecule has 11 heteroatoms. The molecule has 1 aromatic heterocycles. The number of carboxylic acid groups (broad SMARTS) is 1. The minimum Gasteiger partial charge on any atom is -0.497 e. The molecule has 1 atom stereocenters. The SMILES string of the molecule is COc1ccc(CN(C)C(=O)NC(c2ccccc2)(c2ccccc2)C(Oc2nc(OC)cc(OC)n2)C(=O)O)cc1. The quantitative estimate of drug-likeness (QED) is 0.257. The minimum atomic E-state index is -1.74. The molecular weight excluding hydrogens is 540 g/mol. The van der Waals surface area contributed by atoms with E-state index in [0.29, 0.717) is 16.9 Å². The molecule has 0 radical (unpaired) electrons. The molecule has 0 bridgehead atoms. The van der Waals surface area contributed by atoms with Crippen molar-refractivity contribution >= 4 is 12.0 Å². The number of methoxy groups -OCH3 is 3. The topological polar surface area (TPSA) is 132 Å². The molecule has 4 aromatic rings. The third-order valence-corrected chi connectivity index (χ3v) is 6.61. The molecule has 0 saturated carbocycles. The van der Waals surface area contributed by atoms with Crippen LogP contribution in [0.25, 0.3) is 0 Å². The Morgan fingerprint density at radius 2 is 1.36 bits per heavy atom. The lowest BCUT2D eigenvalue weighted by molar-refractivity contribution is -0.149. The number of nitrogens with one attached hydrogen (secondary N) is 1. The molecule has 4 rings (SSSR count). The summed E-state index contributed by atoms with van der Waals surface area (Å²) in [5, 5.41) is 13.7. The Morgan fingerprint density at radius 1 is 0.833 bits per heavy atom. The molecule has 2 N–H and O–H groups in total. The number of rotatable bonds is 12. The van der Waals surface area contributed by atoms with Gasteiger partial charge >= 0.3 is 18.0 Å². The molecule has 0 aliphatic carbocycles. The van der Waals surface area contributed by atoms with Crippen LogP contribution in [0, 0.1) is 0 Å². The highest BCUT2D eigenvalue weighted by atomic mass is 16.5. The number of hydrogen-bond donors (Lipinski definition) is 2. The van der Waals surface area contributed by atoms with Gasteiger partial charge in [-0.15, -0.1) is 0 Å². The van der Waals surface area contributed by atoms with E-state index in [1.807, 2.05) is 12.1 Å². The van der Waals surface area contributed by atoms with Crippen LogP contribution in [0.3, 0.4) is 0 Å². The summed E-state index contributed by atoms with van der Waals surface area (Å²) >= 11 is 0. The van der Waals surface area contributed by atoms with Gasteiger partial charge in [-0.2, -0.15) is 9.97 Å². The fourth-order valence-corrected chi connectivity index (χ4v) is 4.50. The maximum Gasteiger partial charge on any atom is 0.348 e. The minimum absolute atomic E-state index is 0.106. The van der Waals surface area contributed by atoms with E-state index in [-0.39, 0.29) is 24.3 Å². The molecule has 218 valence electrons. The molecule has 3 aromatic carbocycles. The van der Waals surface area contributed by atoms with E-state index < -0.39 is 23.6 Å². The first-order valence-electron chi connectivity index (χ1n) is 12.9. The van der Waals surface area contributed by atoms with Crippen molar-refractivity contribution in [1.29, 1.82) is 0 Å². The summed E-state index contributed by atoms with van der Waals surface area (Å²) in [5.41, 5.74) is 0.0370. The van der Waals surface area contributed by atoms with Crippen LogP contribution in [0.4, 0.5) is 4.79 Å². The van der Waals surface area contributed by atoms with Gasteiger partial charge in [-0.05, 0) is 28.8 Å². The van der Waals surface area contributed by atoms with E-state index in [9.17, 15) is 14.7 Å². The normalized spacial score (nSPS) is 11.6. The van der Waals surface area contributed by atoms with E-state index in [0.717, 1.165) is 5.56 Å². The number of nitrogens with zero attached hydrogens (tertiary/aromatic N) is 3. The molecule has 0 aliphatic rings. The third kappa shape index (κ3) is 6.52. The summed E-state index contributed by atoms with van der Waals surface area (Å²) in [5.74, 6) is -0.467. The molecule has 0 saturated heterocycles. The van der Waals surface area contributed by atoms with Crippen LogP contribution in [-0.2, 0) is 16.9 Å². The highest BCUT2D eigenvalue weighted by Gasteiger charge is 2.50. The number of aromatic nitrogens is 2. The lowest BCUT2D eigenvalue weighted by atomic mass is 9.78. The van der Waals surface area contributed by atoms with Crippen LogP contribution in [0.15, 0.2) is 91.0 Å². The fourth-order valence-electron chi connectivity index (χ4n) is 4.50. The Hall–Kier alpha value is -5.32. The second-order valence-electron chi connectivity index (χ2n) is 9.25. The van der Waals surface area contributed by atoms with Gasteiger partial charge in [-0.1, -0.05) is 72.8 Å². The zero-order valence-corrected chi connectivity index (χ0v) is 23.7. The third-order valence-electron chi connectivity index (χ3n) is 6.61. The summed E-state index contributed by atoms with van der Waals surface area (Å²) in [6.45, 7) is 0.240. The van der Waals surface area contributed by atoms with E-state index in [1.54, 1.807) is 87.0 Å². The van der Waals surface area contributed by atoms with Gasteiger partial charge in [0.2, 0.25) is 17.9 Å². The number of urea groups is 1. The van der Waals surface area contributed by atoms with Crippen molar-refractivity contribution in [2.24, 2.45) is 0 Å². The summed E-state index contributed by atoms with van der Waals surface area (Å²) < 4.78 is 21.7. The maximum atomic E-state index is 13.9. The zero-order chi connectivity index (χ0) is 30.1. The van der Waals surface area contributed by atoms with Crippen molar-refractivity contribution in [3.63, 3.8) is 0 Å². The smallest absolute Gasteiger partial charge is 0.348 e. The Balaban J connectivity index is 1.82. The predicted molar refractivity (Wildman–Crippen MR) is 154 cm³/mol. The number of hydrogen-bond acceptors (Lipinski definition) is 8. The van der Waals surface area contributed by atoms with Crippen LogP contribution in [-0.4, -0.2) is 66.5 Å². The Labute approximate surface area is 243 Å². The number of benzene rings is 3. The van der Waals surface area contributed by atoms with Gasteiger partial charge in [-0.25, -0.2) is 9.59 Å². The van der Waals surface area contributed by atoms with Crippen molar-refractivity contribution in [1.82, 2.24) is 20.2 Å². The van der Waals surface area contributed by atoms with Gasteiger partial charge in [0.05, 0.1) is 27.4 Å². The highest BCUT2D eigenvalue weighted by molar-refractivity contribution is 5.82. The molecule has 0 spiro atoms. The molecule has 0 aliphatic heterocycles. The lowest BCUT2D eigenvalue weighted by Crippen LogP contribution is -2.61. The van der Waals surface area contributed by atoms with E-state index >= 15 is 0 Å². The van der Waals surface area contributed by atoms with E-state index in [4.69, 9.17) is 18.9 Å². The van der Waals surface area contributed by atoms with Gasteiger partial charge in [0.1, 0.15) is 11.3 Å². The van der Waals surface area contributed by atoms with Gasteiger partial charge in [-0.3, -0.25) is 0 Å². The molecule has 11 nitrogen and oxygen atoms in total. The van der Waals surface area contributed by atoms with Gasteiger partial charge < -0.3 is 34.3 Å². The predicted octanol–water partition coefficient (Wildman–Crippen LogP) is 4.12. The molecule has 1 unspecified atom stereocenters. The van der Waals surface area contributed by atoms with Crippen molar-refractivity contribution in [2.75, 3.05) is 28.4 Å². The van der Waals surface area contributed by atoms with Gasteiger partial charge in [0.25, 0.3) is 0 Å². The van der Waals surface area contributed by atoms with Crippen LogP contribution in [0.2, 0.25) is 0 Å². The van der Waals surface area contributed by atoms with Crippen molar-refractivity contribution < 1.29 is 33.6 Å². The second kappa shape index (κ2) is 13.4. The van der Waals surface area contributed by atoms with Crippen LogP contribution < -0.4 is 24.3 Å². The lowest BCUT2D eigenvalue weighted by Gasteiger charge is -2.40. The molecule has 42 heavy (non-hydrogen) atoms. The number of amides is 2. The van der Waals surface area contributed by atoms with E-state index in [2.05, 4.69) is 15.3 Å². The van der Waals surface area contributed by atoms with Crippen molar-refractivity contribution in [3.8, 4) is 23.5 Å². The summed E-state index contributed by atoms with van der Waals surface area (Å²) in [6, 6.07) is 25.4. The average molecular weight is 573 g/mol. The summed E-state index contributed by atoms with van der Waals surface area (Å²) in [4.78, 5) is 36.8. The number of ether oxygens (including phenoxy) is 4. The van der Waals surface area contributed by atoms with E-state index in [1.165, 1.54) is 25.2 Å². The molecule has 1 heterocycles. The number of aliphatic carboxylic acids is 1. The zero-order valence-electron chi connectivity index (χ0n) is 23.7. The molecular formula is C31H32N4O7. The standard InChI is InChI=1S/C31H32N4O7/c1-35(20-21-15-17-24(39-2)18-16-21)30(38)34-31(22-11-7-5-8-12-22,23-13-9-6-10-14-23)27(28(36)37)42-29-32-25(40-3)19-26(33-29)41-4/h5-19,27H,20H2,1-4H3,(H,34,38)(H,36,37). The van der Waals surface area contributed by atoms with Crippen LogP contribution in [0.1, 0.15) is 16.7 Å². The largest absolute Gasteiger partial charge is 0.497 e. The number of carbonyl (C=O) groups is 2. The maximum absolute atomic E-state index is 13.9. The Bertz CT molecular complexity index is 1420. The average Bonchev–Trinajstić information content (AvgIpc) is 3.03. The first kappa shape index (κ1) is 29.7. The second-order valence-corrected chi connectivity index (χ2v) is 9.25. The Morgan fingerprint density at radius 3 is 1.81 bits per heavy atom. The van der Waals surface area contributed by atoms with Crippen LogP contribution in [0.5, 0.6) is 23.5 Å². The van der Waals surface area contributed by atoms with Crippen molar-refractivity contribution in [2.45, 2.75) is 18.2 Å². The fraction of sp³-hybridized carbons (Fsp3) is 0.226. The van der Waals surface area contributed by atoms with Crippen LogP contribution >= 0.6 is 0 Å². The van der Waals surface area contributed by atoms with Crippen molar-refractivity contribution in [3.05, 3.63) is 108 Å². The Kier molecular flexibility index (Phi) is 9.43. The summed E-state index contributed by atoms with van der Waals surface area (Å²) in [6.07, 6.45) is -1.74. The summed E-state index contributed by atoms with van der Waals surface area (Å²) in [7, 11) is 6.00. The highest BCUT2D eigenvalue weighted by Crippen LogP contribution is 2.36. The number of carbonyl (C=O) groups excluding carboxylic acids is 1. The van der Waals surface area contributed by atoms with Gasteiger partial charge in [0, 0.05) is 13.6 Å². The monoisotopic (exact) mass is 572 g/mol. The first-order valence-corrected chi connectivity index (χ1v) is 12.9. The molecule has 0 fully saturated rings. The molecule has 2 amide bonds. The number of carboxylic acids is 1. The first-order chi connectivity index (χ1) is 20.3.